The summed E-state index contributed by atoms with van der Waals surface area (Å²) in [5.41, 5.74) is -0.347. The number of aliphatic hydroxyl groups excluding tert-OH is 2. The molecular weight excluding hydrogens is 172 g/mol. The van der Waals surface area contributed by atoms with Crippen LogP contribution in [0, 0.1) is 5.41 Å². The van der Waals surface area contributed by atoms with Crippen molar-refractivity contribution in [2.24, 2.45) is 5.41 Å². The SMILES string of the molecule is CC(CO)(CO)CBr. The lowest BCUT2D eigenvalue weighted by molar-refractivity contribution is 0.0904. The number of hydrogen-bond donors (Lipinski definition) is 2. The summed E-state index contributed by atoms with van der Waals surface area (Å²) >= 11 is 3.17. The minimum atomic E-state index is -0.347. The van der Waals surface area contributed by atoms with Crippen molar-refractivity contribution in [2.45, 2.75) is 6.92 Å². The lowest BCUT2D eigenvalue weighted by atomic mass is 9.97. The predicted octanol–water partition coefficient (Wildman–Crippen LogP) is 0.372. The Labute approximate surface area is 57.7 Å². The molecule has 0 aromatic carbocycles. The molecule has 0 heterocycles. The molecule has 0 aromatic rings. The molecule has 2 nitrogen and oxygen atoms in total. The van der Waals surface area contributed by atoms with E-state index in [1.807, 2.05) is 6.92 Å². The highest BCUT2D eigenvalue weighted by molar-refractivity contribution is 9.09. The molecule has 3 heteroatoms. The van der Waals surface area contributed by atoms with E-state index in [0.717, 1.165) is 0 Å². The van der Waals surface area contributed by atoms with Gasteiger partial charge in [-0.15, -0.1) is 0 Å². The van der Waals surface area contributed by atoms with Gasteiger partial charge in [0.1, 0.15) is 0 Å². The van der Waals surface area contributed by atoms with Crippen LogP contribution in [0.4, 0.5) is 0 Å². The largest absolute Gasteiger partial charge is 0.396 e. The van der Waals surface area contributed by atoms with Crippen LogP contribution >= 0.6 is 15.9 Å². The van der Waals surface area contributed by atoms with Gasteiger partial charge in [-0.1, -0.05) is 22.9 Å². The second-order valence-corrected chi connectivity index (χ2v) is 2.82. The minimum absolute atomic E-state index is 0.0226. The van der Waals surface area contributed by atoms with E-state index in [2.05, 4.69) is 15.9 Å². The number of halogens is 1. The zero-order valence-electron chi connectivity index (χ0n) is 4.89. The van der Waals surface area contributed by atoms with Crippen molar-refractivity contribution < 1.29 is 10.2 Å². The van der Waals surface area contributed by atoms with Crippen LogP contribution < -0.4 is 0 Å². The normalized spacial score (nSPS) is 12.0. The number of aliphatic hydroxyl groups is 2. The first-order chi connectivity index (χ1) is 3.68. The van der Waals surface area contributed by atoms with Gasteiger partial charge in [0, 0.05) is 10.7 Å². The van der Waals surface area contributed by atoms with Crippen LogP contribution in [0.25, 0.3) is 0 Å². The highest BCUT2D eigenvalue weighted by atomic mass is 79.9. The quantitative estimate of drug-likeness (QED) is 0.620. The highest BCUT2D eigenvalue weighted by Crippen LogP contribution is 2.16. The Morgan fingerprint density at radius 3 is 1.75 bits per heavy atom. The van der Waals surface area contributed by atoms with E-state index < -0.39 is 0 Å². The molecule has 8 heavy (non-hydrogen) atoms. The number of rotatable bonds is 3. The minimum Gasteiger partial charge on any atom is -0.396 e. The summed E-state index contributed by atoms with van der Waals surface area (Å²) < 4.78 is 0. The van der Waals surface area contributed by atoms with Crippen LogP contribution in [0.2, 0.25) is 0 Å². The van der Waals surface area contributed by atoms with Gasteiger partial charge in [0.2, 0.25) is 0 Å². The lowest BCUT2D eigenvalue weighted by Crippen LogP contribution is -2.27. The van der Waals surface area contributed by atoms with Crippen LogP contribution in [0.3, 0.4) is 0 Å². The Balaban J connectivity index is 3.58. The summed E-state index contributed by atoms with van der Waals surface area (Å²) in [7, 11) is 0. The fraction of sp³-hybridized carbons (Fsp3) is 1.00. The molecule has 0 saturated carbocycles. The van der Waals surface area contributed by atoms with Gasteiger partial charge in [0.25, 0.3) is 0 Å². The van der Waals surface area contributed by atoms with Gasteiger partial charge in [-0.2, -0.15) is 0 Å². The topological polar surface area (TPSA) is 40.5 Å². The van der Waals surface area contributed by atoms with Gasteiger partial charge in [-0.05, 0) is 0 Å². The van der Waals surface area contributed by atoms with Crippen molar-refractivity contribution in [3.8, 4) is 0 Å². The molecular formula is C5H11BrO2. The standard InChI is InChI=1S/C5H11BrO2/c1-5(2-6,3-7)4-8/h7-8H,2-4H2,1H3. The average Bonchev–Trinajstić information content (AvgIpc) is 1.87. The van der Waals surface area contributed by atoms with E-state index in [0.29, 0.717) is 5.33 Å². The van der Waals surface area contributed by atoms with E-state index in [-0.39, 0.29) is 18.6 Å². The Morgan fingerprint density at radius 1 is 1.38 bits per heavy atom. The number of alkyl halides is 1. The molecule has 50 valence electrons. The fourth-order valence-corrected chi connectivity index (χ4v) is 0.489. The van der Waals surface area contributed by atoms with Crippen molar-refractivity contribution in [1.82, 2.24) is 0 Å². The Bertz CT molecular complexity index is 53.2. The van der Waals surface area contributed by atoms with E-state index in [4.69, 9.17) is 10.2 Å². The first-order valence-corrected chi connectivity index (χ1v) is 3.58. The molecule has 0 aliphatic rings. The van der Waals surface area contributed by atoms with E-state index >= 15 is 0 Å². The highest BCUT2D eigenvalue weighted by Gasteiger charge is 2.19. The van der Waals surface area contributed by atoms with Gasteiger partial charge in [-0.3, -0.25) is 0 Å². The molecule has 0 fully saturated rings. The van der Waals surface area contributed by atoms with Crippen molar-refractivity contribution >= 4 is 15.9 Å². The molecule has 0 atom stereocenters. The molecule has 0 aliphatic heterocycles. The zero-order chi connectivity index (χ0) is 6.62. The van der Waals surface area contributed by atoms with Crippen LogP contribution in [0.5, 0.6) is 0 Å². The first-order valence-electron chi connectivity index (χ1n) is 2.46. The second-order valence-electron chi connectivity index (χ2n) is 2.26. The molecule has 2 N–H and O–H groups in total. The first kappa shape index (κ1) is 8.40. The molecule has 0 bridgehead atoms. The molecule has 0 spiro atoms. The summed E-state index contributed by atoms with van der Waals surface area (Å²) in [4.78, 5) is 0. The maximum atomic E-state index is 8.60. The van der Waals surface area contributed by atoms with Gasteiger partial charge < -0.3 is 10.2 Å². The maximum Gasteiger partial charge on any atom is 0.0514 e. The predicted molar refractivity (Wildman–Crippen MR) is 36.1 cm³/mol. The van der Waals surface area contributed by atoms with E-state index in [9.17, 15) is 0 Å². The van der Waals surface area contributed by atoms with E-state index in [1.54, 1.807) is 0 Å². The third-order valence-corrected chi connectivity index (χ3v) is 2.44. The second kappa shape index (κ2) is 3.43. The maximum absolute atomic E-state index is 8.60. The van der Waals surface area contributed by atoms with Crippen LogP contribution in [0.15, 0.2) is 0 Å². The van der Waals surface area contributed by atoms with Crippen LogP contribution in [-0.4, -0.2) is 28.8 Å². The summed E-state index contributed by atoms with van der Waals surface area (Å²) in [5.74, 6) is 0. The molecule has 0 aromatic heterocycles. The molecule has 0 aliphatic carbocycles. The summed E-state index contributed by atoms with van der Waals surface area (Å²) in [6, 6.07) is 0. The molecule has 0 saturated heterocycles. The van der Waals surface area contributed by atoms with Gasteiger partial charge in [0.15, 0.2) is 0 Å². The average molecular weight is 183 g/mol. The third-order valence-electron chi connectivity index (χ3n) is 1.09. The molecule has 0 rings (SSSR count). The molecule has 0 unspecified atom stereocenters. The zero-order valence-corrected chi connectivity index (χ0v) is 6.48. The molecule has 0 radical (unpaired) electrons. The van der Waals surface area contributed by atoms with Crippen molar-refractivity contribution in [3.05, 3.63) is 0 Å². The van der Waals surface area contributed by atoms with E-state index in [1.165, 1.54) is 0 Å². The van der Waals surface area contributed by atoms with Crippen molar-refractivity contribution in [1.29, 1.82) is 0 Å². The van der Waals surface area contributed by atoms with Crippen LogP contribution in [-0.2, 0) is 0 Å². The Hall–Kier alpha value is 0.400. The van der Waals surface area contributed by atoms with Crippen molar-refractivity contribution in [3.63, 3.8) is 0 Å². The fourth-order valence-electron chi connectivity index (χ4n) is 0.135. The monoisotopic (exact) mass is 182 g/mol. The lowest BCUT2D eigenvalue weighted by Gasteiger charge is -2.20. The molecule has 0 amide bonds. The van der Waals surface area contributed by atoms with Crippen molar-refractivity contribution in [2.75, 3.05) is 18.5 Å². The number of hydrogen-bond acceptors (Lipinski definition) is 2. The summed E-state index contributed by atoms with van der Waals surface area (Å²) in [6.45, 7) is 1.85. The Kier molecular flexibility index (Phi) is 3.60. The summed E-state index contributed by atoms with van der Waals surface area (Å²) in [5, 5.41) is 17.8. The van der Waals surface area contributed by atoms with Gasteiger partial charge >= 0.3 is 0 Å². The van der Waals surface area contributed by atoms with Crippen LogP contribution in [0.1, 0.15) is 6.92 Å². The Morgan fingerprint density at radius 2 is 1.75 bits per heavy atom. The van der Waals surface area contributed by atoms with Gasteiger partial charge in [-0.25, -0.2) is 0 Å². The smallest absolute Gasteiger partial charge is 0.0514 e. The summed E-state index contributed by atoms with van der Waals surface area (Å²) in [6.07, 6.45) is 0. The van der Waals surface area contributed by atoms with Gasteiger partial charge in [0.05, 0.1) is 13.2 Å². The third kappa shape index (κ3) is 2.11.